The van der Waals surface area contributed by atoms with Gasteiger partial charge in [-0.25, -0.2) is 4.79 Å². The van der Waals surface area contributed by atoms with Gasteiger partial charge in [0.2, 0.25) is 0 Å². The fourth-order valence-corrected chi connectivity index (χ4v) is 4.90. The van der Waals surface area contributed by atoms with Crippen LogP contribution in [0.5, 0.6) is 5.75 Å². The normalized spacial score (nSPS) is 11.8. The molecule has 198 valence electrons. The van der Waals surface area contributed by atoms with Gasteiger partial charge in [-0.3, -0.25) is 0 Å². The quantitative estimate of drug-likeness (QED) is 0.174. The summed E-state index contributed by atoms with van der Waals surface area (Å²) in [5.74, 6) is -0.423. The van der Waals surface area contributed by atoms with E-state index >= 15 is 0 Å². The molecule has 4 aromatic rings. The van der Waals surface area contributed by atoms with Crippen molar-refractivity contribution in [1.82, 2.24) is 4.57 Å². The highest BCUT2D eigenvalue weighted by molar-refractivity contribution is 5.73. The lowest BCUT2D eigenvalue weighted by atomic mass is 10.0. The first-order valence-electron chi connectivity index (χ1n) is 13.9. The Hall–Kier alpha value is -3.79. The van der Waals surface area contributed by atoms with Gasteiger partial charge < -0.3 is 14.4 Å². The van der Waals surface area contributed by atoms with Crippen molar-refractivity contribution in [3.63, 3.8) is 0 Å². The Morgan fingerprint density at radius 2 is 1.47 bits per heavy atom. The average Bonchev–Trinajstić information content (AvgIpc) is 3.32. The second kappa shape index (κ2) is 13.7. The minimum atomic E-state index is -0.970. The van der Waals surface area contributed by atoms with Crippen LogP contribution in [0.25, 0.3) is 16.9 Å². The number of benzene rings is 3. The van der Waals surface area contributed by atoms with E-state index in [1.165, 1.54) is 44.1 Å². The predicted molar refractivity (Wildman–Crippen MR) is 155 cm³/mol. The summed E-state index contributed by atoms with van der Waals surface area (Å²) in [5.41, 5.74) is 6.78. The topological polar surface area (TPSA) is 51.5 Å². The number of ether oxygens (including phenoxy) is 1. The molecule has 38 heavy (non-hydrogen) atoms. The molecule has 0 spiro atoms. The van der Waals surface area contributed by atoms with Gasteiger partial charge in [0.1, 0.15) is 5.75 Å². The summed E-state index contributed by atoms with van der Waals surface area (Å²) >= 11 is 0. The van der Waals surface area contributed by atoms with Crippen LogP contribution in [-0.4, -0.2) is 21.7 Å². The van der Waals surface area contributed by atoms with E-state index in [0.29, 0.717) is 12.2 Å². The molecule has 0 aliphatic rings. The monoisotopic (exact) mass is 509 g/mol. The Bertz CT molecular complexity index is 1270. The Morgan fingerprint density at radius 1 is 0.789 bits per heavy atom. The maximum atomic E-state index is 11.8. The Balaban J connectivity index is 1.42. The van der Waals surface area contributed by atoms with Crippen molar-refractivity contribution < 1.29 is 14.6 Å². The molecule has 0 amide bonds. The summed E-state index contributed by atoms with van der Waals surface area (Å²) < 4.78 is 8.12. The second-order valence-electron chi connectivity index (χ2n) is 10.0. The van der Waals surface area contributed by atoms with Crippen molar-refractivity contribution in [1.29, 1.82) is 0 Å². The molecule has 0 saturated carbocycles. The summed E-state index contributed by atoms with van der Waals surface area (Å²) in [6.45, 7) is 4.37. The molecule has 4 heteroatoms. The minimum Gasteiger partial charge on any atom is -0.478 e. The molecule has 1 atom stereocenters. The first kappa shape index (κ1) is 27.3. The Morgan fingerprint density at radius 3 is 2.16 bits per heavy atom. The van der Waals surface area contributed by atoms with E-state index < -0.39 is 12.1 Å². The zero-order valence-electron chi connectivity index (χ0n) is 22.6. The Labute approximate surface area is 226 Å². The SMILES string of the molecule is CCCCCCCCc1ccc(-n2c(C)ccc2-c2ccc(O[C@@H](Cc3ccccc3)C(=O)O)cc2)cc1. The molecule has 0 fully saturated rings. The molecule has 0 saturated heterocycles. The number of carboxylic acid groups (broad SMARTS) is 1. The van der Waals surface area contributed by atoms with Crippen LogP contribution in [0, 0.1) is 6.92 Å². The summed E-state index contributed by atoms with van der Waals surface area (Å²) in [4.78, 5) is 11.8. The largest absolute Gasteiger partial charge is 0.478 e. The number of unbranched alkanes of at least 4 members (excludes halogenated alkanes) is 5. The molecule has 3 aromatic carbocycles. The number of rotatable bonds is 14. The average molecular weight is 510 g/mol. The van der Waals surface area contributed by atoms with Gasteiger partial charge in [0.25, 0.3) is 0 Å². The lowest BCUT2D eigenvalue weighted by Crippen LogP contribution is -2.29. The number of hydrogen-bond acceptors (Lipinski definition) is 2. The van der Waals surface area contributed by atoms with Crippen molar-refractivity contribution in [2.24, 2.45) is 0 Å². The van der Waals surface area contributed by atoms with E-state index in [1.807, 2.05) is 54.6 Å². The van der Waals surface area contributed by atoms with E-state index in [9.17, 15) is 9.90 Å². The number of aromatic nitrogens is 1. The molecule has 1 heterocycles. The number of nitrogens with zero attached hydrogens (tertiary/aromatic N) is 1. The molecule has 0 radical (unpaired) electrons. The predicted octanol–water partition coefficient (Wildman–Crippen LogP) is 8.43. The number of hydrogen-bond donors (Lipinski definition) is 1. The zero-order chi connectivity index (χ0) is 26.7. The number of aryl methyl sites for hydroxylation is 2. The molecular formula is C34H39NO3. The number of carbonyl (C=O) groups is 1. The molecule has 0 aliphatic heterocycles. The second-order valence-corrected chi connectivity index (χ2v) is 10.0. The smallest absolute Gasteiger partial charge is 0.345 e. The van der Waals surface area contributed by atoms with E-state index in [2.05, 4.69) is 54.8 Å². The molecule has 0 aliphatic carbocycles. The molecule has 1 aromatic heterocycles. The summed E-state index contributed by atoms with van der Waals surface area (Å²) in [7, 11) is 0. The minimum absolute atomic E-state index is 0.314. The lowest BCUT2D eigenvalue weighted by Gasteiger charge is -2.16. The van der Waals surface area contributed by atoms with Crippen LogP contribution in [0.4, 0.5) is 0 Å². The van der Waals surface area contributed by atoms with E-state index in [-0.39, 0.29) is 0 Å². The molecule has 1 N–H and O–H groups in total. The van der Waals surface area contributed by atoms with Crippen LogP contribution < -0.4 is 4.74 Å². The van der Waals surface area contributed by atoms with Crippen LogP contribution in [0.2, 0.25) is 0 Å². The highest BCUT2D eigenvalue weighted by Gasteiger charge is 2.20. The maximum absolute atomic E-state index is 11.8. The molecule has 4 nitrogen and oxygen atoms in total. The lowest BCUT2D eigenvalue weighted by molar-refractivity contribution is -0.145. The van der Waals surface area contributed by atoms with Crippen molar-refractivity contribution >= 4 is 5.97 Å². The van der Waals surface area contributed by atoms with Crippen LogP contribution in [0.1, 0.15) is 62.3 Å². The fourth-order valence-electron chi connectivity index (χ4n) is 4.90. The van der Waals surface area contributed by atoms with Crippen LogP contribution in [0.15, 0.2) is 91.0 Å². The van der Waals surface area contributed by atoms with Gasteiger partial charge in [0.15, 0.2) is 6.10 Å². The first-order valence-corrected chi connectivity index (χ1v) is 13.9. The maximum Gasteiger partial charge on any atom is 0.345 e. The third-order valence-electron chi connectivity index (χ3n) is 7.06. The Kier molecular flexibility index (Phi) is 9.80. The molecule has 0 unspecified atom stereocenters. The van der Waals surface area contributed by atoms with E-state index in [0.717, 1.165) is 34.6 Å². The van der Waals surface area contributed by atoms with Crippen molar-refractivity contribution in [3.8, 4) is 22.7 Å². The third-order valence-corrected chi connectivity index (χ3v) is 7.06. The summed E-state index contributed by atoms with van der Waals surface area (Å²) in [6, 6.07) is 30.4. The summed E-state index contributed by atoms with van der Waals surface area (Å²) in [6.07, 6.45) is 8.39. The number of carboxylic acids is 1. The molecule has 0 bridgehead atoms. The zero-order valence-corrected chi connectivity index (χ0v) is 22.6. The van der Waals surface area contributed by atoms with Crippen molar-refractivity contribution in [3.05, 3.63) is 108 Å². The highest BCUT2D eigenvalue weighted by Crippen LogP contribution is 2.29. The van der Waals surface area contributed by atoms with E-state index in [4.69, 9.17) is 4.74 Å². The van der Waals surface area contributed by atoms with Crippen molar-refractivity contribution in [2.45, 2.75) is 71.3 Å². The van der Waals surface area contributed by atoms with Gasteiger partial charge in [0.05, 0.1) is 5.69 Å². The number of aliphatic carboxylic acids is 1. The van der Waals surface area contributed by atoms with Crippen LogP contribution >= 0.6 is 0 Å². The molecule has 4 rings (SSSR count). The van der Waals surface area contributed by atoms with Gasteiger partial charge >= 0.3 is 5.97 Å². The molecular weight excluding hydrogens is 470 g/mol. The van der Waals surface area contributed by atoms with Gasteiger partial charge in [-0.1, -0.05) is 81.5 Å². The van der Waals surface area contributed by atoms with Gasteiger partial charge in [-0.2, -0.15) is 0 Å². The standard InChI is InChI=1S/C34H39NO3/c1-3-4-5-6-7-9-12-27-16-20-30(21-17-27)35-26(2)15-24-32(35)29-18-22-31(23-19-29)38-33(34(36)37)25-28-13-10-8-11-14-28/h8,10-11,13-24,33H,3-7,9,12,25H2,1-2H3,(H,36,37)/t33-/m0/s1. The van der Waals surface area contributed by atoms with Gasteiger partial charge in [-0.15, -0.1) is 0 Å². The highest BCUT2D eigenvalue weighted by atomic mass is 16.5. The van der Waals surface area contributed by atoms with Crippen molar-refractivity contribution in [2.75, 3.05) is 0 Å². The first-order chi connectivity index (χ1) is 18.5. The third kappa shape index (κ3) is 7.38. The van der Waals surface area contributed by atoms with Gasteiger partial charge in [0, 0.05) is 17.8 Å². The fraction of sp³-hybridized carbons (Fsp3) is 0.324. The van der Waals surface area contributed by atoms with Gasteiger partial charge in [-0.05, 0) is 85.0 Å². The summed E-state index contributed by atoms with van der Waals surface area (Å²) in [5, 5.41) is 9.68. The van der Waals surface area contributed by atoms with Crippen LogP contribution in [0.3, 0.4) is 0 Å². The van der Waals surface area contributed by atoms with E-state index in [1.54, 1.807) is 0 Å². The van der Waals surface area contributed by atoms with Crippen LogP contribution in [-0.2, 0) is 17.6 Å².